The van der Waals surface area contributed by atoms with Crippen molar-refractivity contribution >= 4 is 16.7 Å². The first-order valence-electron chi connectivity index (χ1n) is 6.93. The zero-order valence-electron chi connectivity index (χ0n) is 11.7. The molecule has 1 N–H and O–H groups in total. The molecular formula is C13H19N5OS. The molecule has 1 aliphatic rings. The summed E-state index contributed by atoms with van der Waals surface area (Å²) in [5.74, 6) is 0.910. The van der Waals surface area contributed by atoms with E-state index >= 15 is 0 Å². The number of rotatable bonds is 4. The monoisotopic (exact) mass is 293 g/mol. The molecule has 3 rings (SSSR count). The second-order valence-corrected chi connectivity index (χ2v) is 5.78. The van der Waals surface area contributed by atoms with Gasteiger partial charge in [0.15, 0.2) is 0 Å². The third-order valence-corrected chi connectivity index (χ3v) is 4.26. The van der Waals surface area contributed by atoms with Crippen LogP contribution in [-0.2, 0) is 18.2 Å². The van der Waals surface area contributed by atoms with Crippen LogP contribution in [0.25, 0.3) is 0 Å². The van der Waals surface area contributed by atoms with Crippen molar-refractivity contribution < 1.29 is 4.74 Å². The molecule has 20 heavy (non-hydrogen) atoms. The summed E-state index contributed by atoms with van der Waals surface area (Å²) >= 11 is 1.44. The predicted molar refractivity (Wildman–Crippen MR) is 77.8 cm³/mol. The summed E-state index contributed by atoms with van der Waals surface area (Å²) in [5.41, 5.74) is 1.13. The lowest BCUT2D eigenvalue weighted by Gasteiger charge is -2.30. The van der Waals surface area contributed by atoms with Gasteiger partial charge in [0.1, 0.15) is 11.9 Å². The van der Waals surface area contributed by atoms with Crippen LogP contribution in [0.15, 0.2) is 12.5 Å². The van der Waals surface area contributed by atoms with E-state index < -0.39 is 0 Å². The Balaban J connectivity index is 1.65. The smallest absolute Gasteiger partial charge is 0.202 e. The van der Waals surface area contributed by atoms with Gasteiger partial charge in [0, 0.05) is 37.6 Å². The summed E-state index contributed by atoms with van der Waals surface area (Å²) in [6.07, 6.45) is 6.60. The maximum Gasteiger partial charge on any atom is 0.202 e. The van der Waals surface area contributed by atoms with E-state index in [4.69, 9.17) is 4.74 Å². The van der Waals surface area contributed by atoms with Crippen molar-refractivity contribution in [3.05, 3.63) is 24.0 Å². The van der Waals surface area contributed by atoms with Gasteiger partial charge >= 0.3 is 0 Å². The largest absolute Gasteiger partial charge is 0.372 e. The van der Waals surface area contributed by atoms with Gasteiger partial charge < -0.3 is 14.6 Å². The molecule has 0 aliphatic carbocycles. The Bertz CT molecular complexity index is 567. The highest BCUT2D eigenvalue weighted by molar-refractivity contribution is 7.09. The molecule has 1 fully saturated rings. The molecule has 3 heterocycles. The summed E-state index contributed by atoms with van der Waals surface area (Å²) in [6, 6.07) is 0.376. The number of nitrogens with one attached hydrogen (secondary N) is 1. The highest BCUT2D eigenvalue weighted by atomic mass is 32.1. The van der Waals surface area contributed by atoms with Crippen molar-refractivity contribution in [1.29, 1.82) is 0 Å². The number of nitrogens with zero attached hydrogens (tertiary/aromatic N) is 4. The zero-order valence-corrected chi connectivity index (χ0v) is 12.6. The van der Waals surface area contributed by atoms with E-state index in [-0.39, 0.29) is 6.10 Å². The highest BCUT2D eigenvalue weighted by Crippen LogP contribution is 2.29. The number of hydrogen-bond acceptors (Lipinski definition) is 6. The Labute approximate surface area is 122 Å². The predicted octanol–water partition coefficient (Wildman–Crippen LogP) is 2.17. The van der Waals surface area contributed by atoms with Crippen LogP contribution in [0.3, 0.4) is 0 Å². The Hall–Kier alpha value is -1.47. The van der Waals surface area contributed by atoms with E-state index in [2.05, 4.69) is 26.6 Å². The van der Waals surface area contributed by atoms with E-state index in [1.807, 2.05) is 24.1 Å². The molecule has 1 saturated heterocycles. The summed E-state index contributed by atoms with van der Waals surface area (Å²) in [6.45, 7) is 2.83. The van der Waals surface area contributed by atoms with Crippen LogP contribution in [0.4, 0.5) is 5.13 Å². The molecule has 0 amide bonds. The van der Waals surface area contributed by atoms with Gasteiger partial charge in [-0.05, 0) is 12.8 Å². The van der Waals surface area contributed by atoms with Crippen molar-refractivity contribution in [3.8, 4) is 0 Å². The molecule has 2 aromatic heterocycles. The molecule has 7 heteroatoms. The highest BCUT2D eigenvalue weighted by Gasteiger charge is 2.26. The molecular weight excluding hydrogens is 274 g/mol. The lowest BCUT2D eigenvalue weighted by Crippen LogP contribution is -2.30. The van der Waals surface area contributed by atoms with Crippen LogP contribution in [0.1, 0.15) is 37.4 Å². The van der Waals surface area contributed by atoms with E-state index in [1.165, 1.54) is 11.5 Å². The van der Waals surface area contributed by atoms with E-state index in [1.54, 1.807) is 0 Å². The fraction of sp³-hybridized carbons (Fsp3) is 0.615. The first-order valence-corrected chi connectivity index (χ1v) is 7.70. The summed E-state index contributed by atoms with van der Waals surface area (Å²) < 4.78 is 12.2. The minimum atomic E-state index is 0.104. The Morgan fingerprint density at radius 2 is 2.45 bits per heavy atom. The summed E-state index contributed by atoms with van der Waals surface area (Å²) in [4.78, 5) is 8.63. The van der Waals surface area contributed by atoms with Gasteiger partial charge in [-0.3, -0.25) is 0 Å². The number of imidazole rings is 1. The minimum Gasteiger partial charge on any atom is -0.372 e. The van der Waals surface area contributed by atoms with Crippen LogP contribution in [0, 0.1) is 0 Å². The Kier molecular flexibility index (Phi) is 3.98. The van der Waals surface area contributed by atoms with Gasteiger partial charge in [-0.1, -0.05) is 6.92 Å². The first kappa shape index (κ1) is 13.5. The molecule has 2 atom stereocenters. The van der Waals surface area contributed by atoms with Crippen LogP contribution in [0.5, 0.6) is 0 Å². The van der Waals surface area contributed by atoms with E-state index in [0.29, 0.717) is 6.04 Å². The number of ether oxygens (including phenoxy) is 1. The quantitative estimate of drug-likeness (QED) is 0.936. The average molecular weight is 293 g/mol. The van der Waals surface area contributed by atoms with Crippen molar-refractivity contribution in [1.82, 2.24) is 18.9 Å². The molecule has 2 unspecified atom stereocenters. The van der Waals surface area contributed by atoms with Crippen molar-refractivity contribution in [2.75, 3.05) is 11.9 Å². The number of anilines is 1. The van der Waals surface area contributed by atoms with Crippen LogP contribution < -0.4 is 5.32 Å². The molecule has 0 bridgehead atoms. The van der Waals surface area contributed by atoms with Gasteiger partial charge in [0.2, 0.25) is 5.13 Å². The van der Waals surface area contributed by atoms with Crippen molar-refractivity contribution in [3.63, 3.8) is 0 Å². The summed E-state index contributed by atoms with van der Waals surface area (Å²) in [7, 11) is 2.00. The standard InChI is InChI=1S/C13H19N5OS/c1-3-12-16-13(20-17-12)15-9-4-5-19-11(6-9)10-7-14-8-18(10)2/h7-9,11H,3-6H2,1-2H3,(H,15,16,17). The zero-order chi connectivity index (χ0) is 13.9. The average Bonchev–Trinajstić information content (AvgIpc) is 3.08. The van der Waals surface area contributed by atoms with Crippen LogP contribution in [-0.4, -0.2) is 31.6 Å². The third kappa shape index (κ3) is 2.83. The maximum absolute atomic E-state index is 5.86. The molecule has 1 aliphatic heterocycles. The lowest BCUT2D eigenvalue weighted by molar-refractivity contribution is 0.00559. The molecule has 0 aromatic carbocycles. The first-order chi connectivity index (χ1) is 9.76. The Morgan fingerprint density at radius 1 is 1.55 bits per heavy atom. The fourth-order valence-electron chi connectivity index (χ4n) is 2.44. The fourth-order valence-corrected chi connectivity index (χ4v) is 3.17. The number of aromatic nitrogens is 4. The normalized spacial score (nSPS) is 22.9. The van der Waals surface area contributed by atoms with E-state index in [9.17, 15) is 0 Å². The molecule has 108 valence electrons. The van der Waals surface area contributed by atoms with Gasteiger partial charge in [0.25, 0.3) is 0 Å². The summed E-state index contributed by atoms with van der Waals surface area (Å²) in [5, 5.41) is 4.40. The third-order valence-electron chi connectivity index (χ3n) is 3.58. The molecule has 6 nitrogen and oxygen atoms in total. The number of aryl methyl sites for hydroxylation is 2. The molecule has 0 saturated carbocycles. The van der Waals surface area contributed by atoms with Crippen LogP contribution >= 0.6 is 11.5 Å². The lowest BCUT2D eigenvalue weighted by atomic mass is 10.0. The van der Waals surface area contributed by atoms with Gasteiger partial charge in [-0.2, -0.15) is 4.37 Å². The second kappa shape index (κ2) is 5.88. The van der Waals surface area contributed by atoms with E-state index in [0.717, 1.165) is 42.5 Å². The van der Waals surface area contributed by atoms with Crippen LogP contribution in [0.2, 0.25) is 0 Å². The molecule has 0 radical (unpaired) electrons. The van der Waals surface area contributed by atoms with Crippen molar-refractivity contribution in [2.24, 2.45) is 7.05 Å². The second-order valence-electron chi connectivity index (χ2n) is 5.02. The molecule has 2 aromatic rings. The SMILES string of the molecule is CCc1nsc(NC2CCOC(c3cncn3C)C2)n1. The minimum absolute atomic E-state index is 0.104. The Morgan fingerprint density at radius 3 is 3.15 bits per heavy atom. The molecule has 0 spiro atoms. The number of hydrogen-bond donors (Lipinski definition) is 1. The van der Waals surface area contributed by atoms with Gasteiger partial charge in [0.05, 0.1) is 18.2 Å². The van der Waals surface area contributed by atoms with Gasteiger partial charge in [-0.15, -0.1) is 0 Å². The van der Waals surface area contributed by atoms with Crippen molar-refractivity contribution in [2.45, 2.75) is 38.3 Å². The maximum atomic E-state index is 5.86. The van der Waals surface area contributed by atoms with Gasteiger partial charge in [-0.25, -0.2) is 9.97 Å². The topological polar surface area (TPSA) is 64.9 Å².